The molecule has 6 nitrogen and oxygen atoms in total. The van der Waals surface area contributed by atoms with Gasteiger partial charge in [-0.3, -0.25) is 0 Å². The normalized spacial score (nSPS) is 13.9. The first-order chi connectivity index (χ1) is 10.2. The van der Waals surface area contributed by atoms with Crippen molar-refractivity contribution in [2.45, 2.75) is 18.8 Å². The zero-order chi connectivity index (χ0) is 14.8. The Morgan fingerprint density at radius 3 is 2.67 bits per heavy atom. The Morgan fingerprint density at radius 1 is 1.24 bits per heavy atom. The molecule has 1 aliphatic rings. The van der Waals surface area contributed by atoms with E-state index in [1.165, 1.54) is 19.2 Å². The summed E-state index contributed by atoms with van der Waals surface area (Å²) in [6.07, 6.45) is 2.18. The number of methoxy groups -OCH3 is 1. The fourth-order valence-corrected chi connectivity index (χ4v) is 2.03. The van der Waals surface area contributed by atoms with Crippen LogP contribution < -0.4 is 21.3 Å². The van der Waals surface area contributed by atoms with E-state index < -0.39 is 0 Å². The van der Waals surface area contributed by atoms with Gasteiger partial charge in [-0.05, 0) is 25.0 Å². The van der Waals surface area contributed by atoms with Crippen LogP contribution in [0.1, 0.15) is 24.6 Å². The predicted molar refractivity (Wildman–Crippen MR) is 78.1 cm³/mol. The van der Waals surface area contributed by atoms with Gasteiger partial charge < -0.3 is 15.5 Å². The van der Waals surface area contributed by atoms with Crippen LogP contribution in [0.15, 0.2) is 24.3 Å². The summed E-state index contributed by atoms with van der Waals surface area (Å²) in [5, 5.41) is 3.11. The SMILES string of the molecule is COc1cc(F)ccc1Nc1cc(NN)nc(C2CC2)n1. The Morgan fingerprint density at radius 2 is 2.00 bits per heavy atom. The number of hydrogen-bond donors (Lipinski definition) is 3. The van der Waals surface area contributed by atoms with Gasteiger partial charge in [-0.2, -0.15) is 0 Å². The van der Waals surface area contributed by atoms with Gasteiger partial charge in [0, 0.05) is 18.1 Å². The van der Waals surface area contributed by atoms with Crippen molar-refractivity contribution < 1.29 is 9.13 Å². The molecule has 0 bridgehead atoms. The molecule has 4 N–H and O–H groups in total. The molecule has 21 heavy (non-hydrogen) atoms. The molecule has 1 aliphatic carbocycles. The lowest BCUT2D eigenvalue weighted by molar-refractivity contribution is 0.413. The number of nitrogens with two attached hydrogens (primary N) is 1. The quantitative estimate of drug-likeness (QED) is 0.579. The lowest BCUT2D eigenvalue weighted by atomic mass is 10.2. The number of hydrogen-bond acceptors (Lipinski definition) is 6. The van der Waals surface area contributed by atoms with Gasteiger partial charge in [0.25, 0.3) is 0 Å². The van der Waals surface area contributed by atoms with E-state index in [4.69, 9.17) is 10.6 Å². The molecule has 1 fully saturated rings. The van der Waals surface area contributed by atoms with Crippen LogP contribution in [-0.4, -0.2) is 17.1 Å². The Balaban J connectivity index is 1.92. The zero-order valence-electron chi connectivity index (χ0n) is 11.6. The molecule has 0 unspecified atom stereocenters. The van der Waals surface area contributed by atoms with Gasteiger partial charge in [0.1, 0.15) is 29.0 Å². The third-order valence-electron chi connectivity index (χ3n) is 3.26. The van der Waals surface area contributed by atoms with Crippen molar-refractivity contribution in [1.82, 2.24) is 9.97 Å². The van der Waals surface area contributed by atoms with Gasteiger partial charge in [0.2, 0.25) is 0 Å². The van der Waals surface area contributed by atoms with Gasteiger partial charge in [0.15, 0.2) is 0 Å². The number of hydrazine groups is 1. The highest BCUT2D eigenvalue weighted by molar-refractivity contribution is 5.65. The molecule has 110 valence electrons. The van der Waals surface area contributed by atoms with Crippen molar-refractivity contribution in [2.75, 3.05) is 17.9 Å². The third-order valence-corrected chi connectivity index (χ3v) is 3.26. The van der Waals surface area contributed by atoms with Crippen molar-refractivity contribution >= 4 is 17.3 Å². The maximum atomic E-state index is 13.2. The Kier molecular flexibility index (Phi) is 3.57. The predicted octanol–water partition coefficient (Wildman–Crippen LogP) is 2.53. The number of rotatable bonds is 5. The largest absolute Gasteiger partial charge is 0.494 e. The Labute approximate surface area is 121 Å². The van der Waals surface area contributed by atoms with Crippen LogP contribution in [0.4, 0.5) is 21.7 Å². The number of benzene rings is 1. The smallest absolute Gasteiger partial charge is 0.145 e. The average Bonchev–Trinajstić information content (AvgIpc) is 3.33. The molecule has 1 saturated carbocycles. The fraction of sp³-hybridized carbons (Fsp3) is 0.286. The topological polar surface area (TPSA) is 85.1 Å². The number of nitrogens with zero attached hydrogens (tertiary/aromatic N) is 2. The second kappa shape index (κ2) is 5.53. The number of halogens is 1. The van der Waals surface area contributed by atoms with Crippen LogP contribution in [-0.2, 0) is 0 Å². The Bertz CT molecular complexity index is 660. The maximum absolute atomic E-state index is 13.2. The summed E-state index contributed by atoms with van der Waals surface area (Å²) in [4.78, 5) is 8.80. The molecule has 3 rings (SSSR count). The molecule has 1 aromatic carbocycles. The highest BCUT2D eigenvalue weighted by Crippen LogP contribution is 2.39. The molecule has 0 atom stereocenters. The van der Waals surface area contributed by atoms with E-state index >= 15 is 0 Å². The van der Waals surface area contributed by atoms with Crippen molar-refractivity contribution in [2.24, 2.45) is 5.84 Å². The van der Waals surface area contributed by atoms with Crippen LogP contribution in [0.2, 0.25) is 0 Å². The van der Waals surface area contributed by atoms with E-state index in [2.05, 4.69) is 20.7 Å². The molecule has 0 amide bonds. The molecular weight excluding hydrogens is 273 g/mol. The molecule has 1 heterocycles. The second-order valence-electron chi connectivity index (χ2n) is 4.88. The van der Waals surface area contributed by atoms with Gasteiger partial charge >= 0.3 is 0 Å². The average molecular weight is 289 g/mol. The molecule has 2 aromatic rings. The third kappa shape index (κ3) is 3.03. The summed E-state index contributed by atoms with van der Waals surface area (Å²) in [6, 6.07) is 5.96. The van der Waals surface area contributed by atoms with E-state index in [1.807, 2.05) is 0 Å². The van der Waals surface area contributed by atoms with E-state index in [9.17, 15) is 4.39 Å². The number of nitrogens with one attached hydrogen (secondary N) is 2. The zero-order valence-corrected chi connectivity index (χ0v) is 11.6. The van der Waals surface area contributed by atoms with Crippen LogP contribution in [0.3, 0.4) is 0 Å². The maximum Gasteiger partial charge on any atom is 0.145 e. The summed E-state index contributed by atoms with van der Waals surface area (Å²) in [5.41, 5.74) is 3.16. The number of nitrogen functional groups attached to an aromatic ring is 1. The van der Waals surface area contributed by atoms with Crippen LogP contribution in [0, 0.1) is 5.82 Å². The van der Waals surface area contributed by atoms with Crippen LogP contribution in [0.5, 0.6) is 5.75 Å². The van der Waals surface area contributed by atoms with Crippen molar-refractivity contribution in [3.05, 3.63) is 35.9 Å². The lowest BCUT2D eigenvalue weighted by Gasteiger charge is -2.12. The molecule has 7 heteroatoms. The summed E-state index contributed by atoms with van der Waals surface area (Å²) in [7, 11) is 1.49. The van der Waals surface area contributed by atoms with E-state index in [0.29, 0.717) is 29.0 Å². The minimum Gasteiger partial charge on any atom is -0.494 e. The van der Waals surface area contributed by atoms with Gasteiger partial charge in [0.05, 0.1) is 12.8 Å². The van der Waals surface area contributed by atoms with E-state index in [0.717, 1.165) is 18.7 Å². The molecule has 0 radical (unpaired) electrons. The Hall–Kier alpha value is -2.41. The molecule has 0 saturated heterocycles. The van der Waals surface area contributed by atoms with E-state index in [-0.39, 0.29) is 5.82 Å². The molecular formula is C14H16FN5O. The summed E-state index contributed by atoms with van der Waals surface area (Å²) in [6.45, 7) is 0. The van der Waals surface area contributed by atoms with E-state index in [1.54, 1.807) is 12.1 Å². The second-order valence-corrected chi connectivity index (χ2v) is 4.88. The van der Waals surface area contributed by atoms with Crippen molar-refractivity contribution in [1.29, 1.82) is 0 Å². The molecule has 1 aromatic heterocycles. The van der Waals surface area contributed by atoms with Gasteiger partial charge in [-0.1, -0.05) is 0 Å². The number of aromatic nitrogens is 2. The number of ether oxygens (including phenoxy) is 1. The van der Waals surface area contributed by atoms with Crippen molar-refractivity contribution in [3.63, 3.8) is 0 Å². The lowest BCUT2D eigenvalue weighted by Crippen LogP contribution is -2.11. The molecule has 0 spiro atoms. The monoisotopic (exact) mass is 289 g/mol. The van der Waals surface area contributed by atoms with Crippen LogP contribution in [0.25, 0.3) is 0 Å². The number of anilines is 3. The first kappa shape index (κ1) is 13.6. The minimum absolute atomic E-state index is 0.358. The van der Waals surface area contributed by atoms with Crippen LogP contribution >= 0.6 is 0 Å². The fourth-order valence-electron chi connectivity index (χ4n) is 2.03. The summed E-state index contributed by atoms with van der Waals surface area (Å²) < 4.78 is 18.4. The summed E-state index contributed by atoms with van der Waals surface area (Å²) >= 11 is 0. The highest BCUT2D eigenvalue weighted by Gasteiger charge is 2.27. The van der Waals surface area contributed by atoms with Crippen molar-refractivity contribution in [3.8, 4) is 5.75 Å². The first-order valence-electron chi connectivity index (χ1n) is 6.66. The summed E-state index contributed by atoms with van der Waals surface area (Å²) in [5.74, 6) is 7.76. The standard InChI is InChI=1S/C14H16FN5O/c1-21-11-6-9(15)4-5-10(11)17-12-7-13(20-16)19-14(18-12)8-2-3-8/h4-8H,2-3,16H2,1H3,(H2,17,18,19,20). The van der Waals surface area contributed by atoms with Gasteiger partial charge in [-0.25, -0.2) is 20.2 Å². The highest BCUT2D eigenvalue weighted by atomic mass is 19.1. The van der Waals surface area contributed by atoms with Gasteiger partial charge in [-0.15, -0.1) is 0 Å². The first-order valence-corrected chi connectivity index (χ1v) is 6.66. The molecule has 0 aliphatic heterocycles. The minimum atomic E-state index is -0.358.